The summed E-state index contributed by atoms with van der Waals surface area (Å²) in [4.78, 5) is 0. The molecule has 24 heavy (non-hydrogen) atoms. The van der Waals surface area contributed by atoms with E-state index in [1.807, 2.05) is 24.3 Å². The predicted octanol–water partition coefficient (Wildman–Crippen LogP) is 3.83. The number of benzene rings is 2. The van der Waals surface area contributed by atoms with Crippen LogP contribution in [0.25, 0.3) is 0 Å². The second-order valence-electron chi connectivity index (χ2n) is 5.91. The Hall–Kier alpha value is -1.68. The van der Waals surface area contributed by atoms with E-state index < -0.39 is 0 Å². The Bertz CT molecular complexity index is 513. The van der Waals surface area contributed by atoms with Crippen LogP contribution in [-0.4, -0.2) is 30.0 Å². The first-order valence-corrected chi connectivity index (χ1v) is 8.53. The Balaban J connectivity index is 0.00000139. The van der Waals surface area contributed by atoms with Crippen molar-refractivity contribution < 1.29 is 14.9 Å². The molecule has 2 rings (SSSR count). The zero-order valence-electron chi connectivity index (χ0n) is 14.8. The van der Waals surface area contributed by atoms with E-state index in [2.05, 4.69) is 43.3 Å². The first-order valence-electron chi connectivity index (χ1n) is 8.53. The number of hydrogen-bond donors (Lipinski definition) is 2. The van der Waals surface area contributed by atoms with Gasteiger partial charge in [0.15, 0.2) is 0 Å². The van der Waals surface area contributed by atoms with Gasteiger partial charge in [-0.05, 0) is 43.2 Å². The van der Waals surface area contributed by atoms with E-state index in [1.54, 1.807) is 0 Å². The fourth-order valence-corrected chi connectivity index (χ4v) is 2.78. The van der Waals surface area contributed by atoms with Gasteiger partial charge in [-0.1, -0.05) is 60.7 Å². The molecule has 0 amide bonds. The van der Waals surface area contributed by atoms with Gasteiger partial charge in [-0.2, -0.15) is 0 Å². The maximum atomic E-state index is 9.29. The fourth-order valence-electron chi connectivity index (χ4n) is 2.78. The standard InChI is InChI=1S/C20H26O2.CH4O/c1-17(22-16-19-10-6-3-7-11-19)14-20(12-13-21)15-18-8-4-2-5-9-18;1-2/h2-11,17,20-21H,12-16H2,1H3;2H,1H3. The first kappa shape index (κ1) is 20.4. The van der Waals surface area contributed by atoms with Crippen LogP contribution in [0, 0.1) is 5.92 Å². The lowest BCUT2D eigenvalue weighted by molar-refractivity contribution is 0.0338. The topological polar surface area (TPSA) is 49.7 Å². The quantitative estimate of drug-likeness (QED) is 0.734. The van der Waals surface area contributed by atoms with Gasteiger partial charge in [-0.3, -0.25) is 0 Å². The summed E-state index contributed by atoms with van der Waals surface area (Å²) < 4.78 is 5.96. The lowest BCUT2D eigenvalue weighted by Crippen LogP contribution is -2.17. The van der Waals surface area contributed by atoms with Crippen LogP contribution in [0.5, 0.6) is 0 Å². The maximum Gasteiger partial charge on any atom is 0.0720 e. The highest BCUT2D eigenvalue weighted by atomic mass is 16.5. The Morgan fingerprint density at radius 1 is 0.875 bits per heavy atom. The Labute approximate surface area is 145 Å². The molecule has 3 nitrogen and oxygen atoms in total. The summed E-state index contributed by atoms with van der Waals surface area (Å²) in [5.41, 5.74) is 2.53. The van der Waals surface area contributed by atoms with Gasteiger partial charge in [0.25, 0.3) is 0 Å². The number of hydrogen-bond acceptors (Lipinski definition) is 3. The molecule has 3 heteroatoms. The van der Waals surface area contributed by atoms with Crippen molar-refractivity contribution >= 4 is 0 Å². The minimum Gasteiger partial charge on any atom is -0.400 e. The second kappa shape index (κ2) is 12.7. The molecule has 0 aliphatic rings. The average molecular weight is 330 g/mol. The summed E-state index contributed by atoms with van der Waals surface area (Å²) in [6, 6.07) is 20.7. The normalized spacial score (nSPS) is 12.8. The molecule has 0 bridgehead atoms. The van der Waals surface area contributed by atoms with Crippen LogP contribution in [0.15, 0.2) is 60.7 Å². The predicted molar refractivity (Wildman–Crippen MR) is 98.8 cm³/mol. The molecule has 0 spiro atoms. The number of aliphatic hydroxyl groups is 2. The van der Waals surface area contributed by atoms with Gasteiger partial charge in [0, 0.05) is 13.7 Å². The van der Waals surface area contributed by atoms with E-state index in [-0.39, 0.29) is 12.7 Å². The van der Waals surface area contributed by atoms with Gasteiger partial charge in [0.1, 0.15) is 0 Å². The van der Waals surface area contributed by atoms with E-state index in [1.165, 1.54) is 11.1 Å². The third-order valence-corrected chi connectivity index (χ3v) is 3.95. The zero-order valence-corrected chi connectivity index (χ0v) is 14.8. The Morgan fingerprint density at radius 3 is 1.96 bits per heavy atom. The Kier molecular flexibility index (Phi) is 10.8. The van der Waals surface area contributed by atoms with Crippen LogP contribution in [0.4, 0.5) is 0 Å². The van der Waals surface area contributed by atoms with Crippen molar-refractivity contribution in [3.63, 3.8) is 0 Å². The van der Waals surface area contributed by atoms with Crippen LogP contribution >= 0.6 is 0 Å². The summed E-state index contributed by atoms with van der Waals surface area (Å²) in [5.74, 6) is 0.457. The molecular formula is C21H30O3. The maximum absolute atomic E-state index is 9.29. The van der Waals surface area contributed by atoms with E-state index in [4.69, 9.17) is 9.84 Å². The van der Waals surface area contributed by atoms with E-state index >= 15 is 0 Å². The van der Waals surface area contributed by atoms with Crippen LogP contribution in [0.3, 0.4) is 0 Å². The molecule has 2 aromatic rings. The molecule has 2 atom stereocenters. The van der Waals surface area contributed by atoms with Crippen molar-refractivity contribution in [3.8, 4) is 0 Å². The van der Waals surface area contributed by atoms with Crippen molar-refractivity contribution in [2.45, 2.75) is 38.9 Å². The third-order valence-electron chi connectivity index (χ3n) is 3.95. The first-order chi connectivity index (χ1) is 11.8. The largest absolute Gasteiger partial charge is 0.400 e. The van der Waals surface area contributed by atoms with Crippen molar-refractivity contribution in [1.29, 1.82) is 0 Å². The van der Waals surface area contributed by atoms with Gasteiger partial charge in [0.2, 0.25) is 0 Å². The van der Waals surface area contributed by atoms with Crippen molar-refractivity contribution in [2.24, 2.45) is 5.92 Å². The molecule has 2 unspecified atom stereocenters. The van der Waals surface area contributed by atoms with Crippen molar-refractivity contribution in [2.75, 3.05) is 13.7 Å². The van der Waals surface area contributed by atoms with Gasteiger partial charge < -0.3 is 14.9 Å². The summed E-state index contributed by atoms with van der Waals surface area (Å²) in [6.07, 6.45) is 3.00. The molecule has 0 saturated heterocycles. The minimum atomic E-state index is 0.195. The lowest BCUT2D eigenvalue weighted by Gasteiger charge is -2.21. The van der Waals surface area contributed by atoms with E-state index in [0.717, 1.165) is 26.4 Å². The highest BCUT2D eigenvalue weighted by molar-refractivity contribution is 5.15. The molecule has 2 aromatic carbocycles. The molecule has 0 heterocycles. The van der Waals surface area contributed by atoms with Gasteiger partial charge >= 0.3 is 0 Å². The van der Waals surface area contributed by atoms with Gasteiger partial charge in [-0.15, -0.1) is 0 Å². The van der Waals surface area contributed by atoms with Crippen LogP contribution in [0.1, 0.15) is 30.9 Å². The highest BCUT2D eigenvalue weighted by Gasteiger charge is 2.14. The fraction of sp³-hybridized carbons (Fsp3) is 0.429. The van der Waals surface area contributed by atoms with Gasteiger partial charge in [0.05, 0.1) is 12.7 Å². The Morgan fingerprint density at radius 2 is 1.42 bits per heavy atom. The minimum absolute atomic E-state index is 0.195. The highest BCUT2D eigenvalue weighted by Crippen LogP contribution is 2.19. The molecule has 0 aliphatic carbocycles. The monoisotopic (exact) mass is 330 g/mol. The summed E-state index contributed by atoms with van der Waals surface area (Å²) in [6.45, 7) is 3.01. The third kappa shape index (κ3) is 8.25. The van der Waals surface area contributed by atoms with Crippen molar-refractivity contribution in [3.05, 3.63) is 71.8 Å². The molecule has 0 radical (unpaired) electrons. The molecular weight excluding hydrogens is 300 g/mol. The van der Waals surface area contributed by atoms with Crippen LogP contribution < -0.4 is 0 Å². The number of rotatable bonds is 9. The van der Waals surface area contributed by atoms with Crippen molar-refractivity contribution in [1.82, 2.24) is 0 Å². The molecule has 0 aliphatic heterocycles. The smallest absolute Gasteiger partial charge is 0.0720 e. The van der Waals surface area contributed by atoms with Crippen LogP contribution in [0.2, 0.25) is 0 Å². The van der Waals surface area contributed by atoms with E-state index in [0.29, 0.717) is 12.5 Å². The number of ether oxygens (including phenoxy) is 1. The molecule has 132 valence electrons. The van der Waals surface area contributed by atoms with Gasteiger partial charge in [-0.25, -0.2) is 0 Å². The molecule has 0 aromatic heterocycles. The zero-order chi connectivity index (χ0) is 17.6. The van der Waals surface area contributed by atoms with E-state index in [9.17, 15) is 5.11 Å². The number of aliphatic hydroxyl groups excluding tert-OH is 2. The SMILES string of the molecule is CC(CC(CCO)Cc1ccccc1)OCc1ccccc1.CO. The average Bonchev–Trinajstić information content (AvgIpc) is 2.64. The molecule has 2 N–H and O–H groups in total. The summed E-state index contributed by atoms with van der Waals surface area (Å²) in [7, 11) is 1.00. The lowest BCUT2D eigenvalue weighted by atomic mass is 9.91. The summed E-state index contributed by atoms with van der Waals surface area (Å²) in [5, 5.41) is 16.3. The van der Waals surface area contributed by atoms with Crippen LogP contribution in [-0.2, 0) is 17.8 Å². The second-order valence-corrected chi connectivity index (χ2v) is 5.91. The summed E-state index contributed by atoms with van der Waals surface area (Å²) >= 11 is 0. The molecule has 0 fully saturated rings. The molecule has 0 saturated carbocycles.